The lowest BCUT2D eigenvalue weighted by molar-refractivity contribution is 0.491. The first-order valence-corrected chi connectivity index (χ1v) is 11.5. The maximum absolute atomic E-state index is 5.54. The minimum atomic E-state index is 0.794. The fraction of sp³-hybridized carbons (Fsp3) is 0.375. The first kappa shape index (κ1) is 23.5. The van der Waals surface area contributed by atoms with Crippen LogP contribution in [0.5, 0.6) is 0 Å². The van der Waals surface area contributed by atoms with Crippen molar-refractivity contribution in [1.29, 1.82) is 0 Å². The van der Waals surface area contributed by atoms with Gasteiger partial charge in [0.15, 0.2) is 0 Å². The lowest BCUT2D eigenvalue weighted by atomic mass is 10.0. The van der Waals surface area contributed by atoms with E-state index in [-0.39, 0.29) is 0 Å². The second-order valence-corrected chi connectivity index (χ2v) is 8.46. The molecular weight excluding hydrogens is 398 g/mol. The van der Waals surface area contributed by atoms with Gasteiger partial charge in [-0.1, -0.05) is 61.3 Å². The first-order valence-electron chi connectivity index (χ1n) is 10.4. The van der Waals surface area contributed by atoms with Crippen LogP contribution in [0.2, 0.25) is 5.02 Å². The van der Waals surface area contributed by atoms with Gasteiger partial charge in [-0.2, -0.15) is 0 Å². The molecule has 0 bridgehead atoms. The average Bonchev–Trinajstić information content (AvgIpc) is 3.43. The summed E-state index contributed by atoms with van der Waals surface area (Å²) in [6, 6.07) is 18.3. The predicted octanol–water partition coefficient (Wildman–Crippen LogP) is 7.05. The van der Waals surface area contributed by atoms with Crippen LogP contribution in [0.15, 0.2) is 72.0 Å². The van der Waals surface area contributed by atoms with Gasteiger partial charge >= 0.3 is 0 Å². The second-order valence-electron chi connectivity index (χ2n) is 6.86. The Hall–Kier alpha value is -1.75. The number of nitrogens with zero attached hydrogens (tertiary/aromatic N) is 2. The number of imidazole rings is 1. The molecule has 0 radical (unpaired) electrons. The minimum Gasteiger partial charge on any atom is -0.348 e. The van der Waals surface area contributed by atoms with E-state index in [0.29, 0.717) is 0 Å². The Morgan fingerprint density at radius 1 is 1.10 bits per heavy atom. The normalized spacial score (nSPS) is 15.8. The number of hydrogen-bond acceptors (Lipinski definition) is 3. The van der Waals surface area contributed by atoms with Crippen LogP contribution in [-0.4, -0.2) is 27.4 Å². The number of hydrogen-bond donors (Lipinski definition) is 1. The highest BCUT2D eigenvalue weighted by molar-refractivity contribution is 7.97. The number of aromatic nitrogens is 2. The standard InChI is InChI=1S/C16H21N3S.C6H5Cl.C2H6/c1-13-2-6-16(7-3-13)20-19-9-8-14(11-19)4-5-15-10-17-12-18-15;7-6-4-2-1-3-5-6;1-2/h2-3,6-7,10,12,14H,4-5,8-9,11H2,1H3,(H,17,18);1-5H;1-2H3. The van der Waals surface area contributed by atoms with E-state index < -0.39 is 0 Å². The molecule has 156 valence electrons. The summed E-state index contributed by atoms with van der Waals surface area (Å²) >= 11 is 7.44. The van der Waals surface area contributed by atoms with Crippen LogP contribution in [0.3, 0.4) is 0 Å². The Morgan fingerprint density at radius 3 is 2.41 bits per heavy atom. The third kappa shape index (κ3) is 9.07. The maximum atomic E-state index is 5.54. The smallest absolute Gasteiger partial charge is 0.0921 e. The third-order valence-electron chi connectivity index (χ3n) is 4.61. The zero-order valence-corrected chi connectivity index (χ0v) is 19.2. The summed E-state index contributed by atoms with van der Waals surface area (Å²) in [5, 5.41) is 0.794. The zero-order chi connectivity index (χ0) is 20.9. The molecule has 1 aromatic heterocycles. The van der Waals surface area contributed by atoms with E-state index in [4.69, 9.17) is 11.6 Å². The van der Waals surface area contributed by atoms with Gasteiger partial charge in [-0.25, -0.2) is 9.29 Å². The van der Waals surface area contributed by atoms with Crippen LogP contribution >= 0.6 is 23.5 Å². The summed E-state index contributed by atoms with van der Waals surface area (Å²) < 4.78 is 2.50. The van der Waals surface area contributed by atoms with Crippen molar-refractivity contribution in [3.8, 4) is 0 Å². The van der Waals surface area contributed by atoms with Crippen LogP contribution in [0.4, 0.5) is 0 Å². The lowest BCUT2D eigenvalue weighted by Crippen LogP contribution is -2.12. The SMILES string of the molecule is CC.Cc1ccc(SN2CCC(CCc3cnc[nH]3)C2)cc1.Clc1ccccc1. The largest absolute Gasteiger partial charge is 0.348 e. The summed E-state index contributed by atoms with van der Waals surface area (Å²) in [4.78, 5) is 8.61. The van der Waals surface area contributed by atoms with Crippen LogP contribution in [0.25, 0.3) is 0 Å². The topological polar surface area (TPSA) is 31.9 Å². The van der Waals surface area contributed by atoms with E-state index in [2.05, 4.69) is 45.5 Å². The van der Waals surface area contributed by atoms with Crippen molar-refractivity contribution in [1.82, 2.24) is 14.3 Å². The van der Waals surface area contributed by atoms with Crippen molar-refractivity contribution in [3.63, 3.8) is 0 Å². The first-order chi connectivity index (χ1) is 14.2. The Morgan fingerprint density at radius 2 is 1.83 bits per heavy atom. The van der Waals surface area contributed by atoms with Crippen LogP contribution in [-0.2, 0) is 6.42 Å². The summed E-state index contributed by atoms with van der Waals surface area (Å²) in [6.07, 6.45) is 7.39. The van der Waals surface area contributed by atoms with E-state index in [1.54, 1.807) is 6.33 Å². The monoisotopic (exact) mass is 429 g/mol. The molecule has 1 aliphatic heterocycles. The van der Waals surface area contributed by atoms with E-state index in [1.807, 2.05) is 62.3 Å². The van der Waals surface area contributed by atoms with Gasteiger partial charge in [0.25, 0.3) is 0 Å². The maximum Gasteiger partial charge on any atom is 0.0921 e. The van der Waals surface area contributed by atoms with Crippen LogP contribution in [0.1, 0.15) is 37.9 Å². The lowest BCUT2D eigenvalue weighted by Gasteiger charge is -2.14. The summed E-state index contributed by atoms with van der Waals surface area (Å²) in [7, 11) is 0. The molecule has 1 aliphatic rings. The number of aryl methyl sites for hydroxylation is 2. The molecule has 5 heteroatoms. The number of halogens is 1. The molecular formula is C24H32ClN3S. The van der Waals surface area contributed by atoms with Gasteiger partial charge in [0.2, 0.25) is 0 Å². The van der Waals surface area contributed by atoms with Crippen molar-refractivity contribution in [2.24, 2.45) is 5.92 Å². The van der Waals surface area contributed by atoms with Gasteiger partial charge in [-0.05, 0) is 68.3 Å². The molecule has 0 aliphatic carbocycles. The molecule has 3 aromatic rings. The molecule has 0 spiro atoms. The summed E-state index contributed by atoms with van der Waals surface area (Å²) in [5.41, 5.74) is 2.59. The van der Waals surface area contributed by atoms with Gasteiger partial charge in [-0.3, -0.25) is 0 Å². The molecule has 1 saturated heterocycles. The molecule has 1 unspecified atom stereocenters. The Kier molecular flexibility index (Phi) is 10.9. The predicted molar refractivity (Wildman–Crippen MR) is 126 cm³/mol. The second kappa shape index (κ2) is 13.5. The van der Waals surface area contributed by atoms with Crippen LogP contribution in [0, 0.1) is 12.8 Å². The van der Waals surface area contributed by atoms with E-state index in [9.17, 15) is 0 Å². The van der Waals surface area contributed by atoms with E-state index >= 15 is 0 Å². The fourth-order valence-corrected chi connectivity index (χ4v) is 4.24. The number of benzene rings is 2. The van der Waals surface area contributed by atoms with Gasteiger partial charge in [0, 0.05) is 34.9 Å². The molecule has 2 aromatic carbocycles. The molecule has 1 fully saturated rings. The van der Waals surface area contributed by atoms with E-state index in [0.717, 1.165) is 17.4 Å². The number of nitrogens with one attached hydrogen (secondary N) is 1. The Labute approximate surface area is 185 Å². The molecule has 29 heavy (non-hydrogen) atoms. The van der Waals surface area contributed by atoms with Gasteiger partial charge in [0.1, 0.15) is 0 Å². The number of H-pyrrole nitrogens is 1. The van der Waals surface area contributed by atoms with E-state index in [1.165, 1.54) is 42.1 Å². The van der Waals surface area contributed by atoms with Gasteiger partial charge < -0.3 is 4.98 Å². The molecule has 0 saturated carbocycles. The van der Waals surface area contributed by atoms with Gasteiger partial charge in [-0.15, -0.1) is 0 Å². The average molecular weight is 430 g/mol. The molecule has 2 heterocycles. The quantitative estimate of drug-likeness (QED) is 0.441. The van der Waals surface area contributed by atoms with Crippen molar-refractivity contribution < 1.29 is 0 Å². The van der Waals surface area contributed by atoms with Gasteiger partial charge in [0.05, 0.1) is 6.33 Å². The molecule has 1 atom stereocenters. The Bertz CT molecular complexity index is 776. The molecule has 0 amide bonds. The molecule has 1 N–H and O–H groups in total. The highest BCUT2D eigenvalue weighted by atomic mass is 35.5. The Balaban J connectivity index is 0.000000280. The summed E-state index contributed by atoms with van der Waals surface area (Å²) in [6.45, 7) is 8.54. The number of rotatable bonds is 5. The molecule has 3 nitrogen and oxygen atoms in total. The molecule has 4 rings (SSSR count). The van der Waals surface area contributed by atoms with Crippen LogP contribution < -0.4 is 0 Å². The van der Waals surface area contributed by atoms with Crippen molar-refractivity contribution in [2.45, 2.75) is 44.9 Å². The number of aromatic amines is 1. The summed E-state index contributed by atoms with van der Waals surface area (Å²) in [5.74, 6) is 0.816. The minimum absolute atomic E-state index is 0.794. The van der Waals surface area contributed by atoms with Crippen molar-refractivity contribution >= 4 is 23.5 Å². The highest BCUT2D eigenvalue weighted by Gasteiger charge is 2.23. The van der Waals surface area contributed by atoms with Crippen molar-refractivity contribution in [2.75, 3.05) is 13.1 Å². The zero-order valence-electron chi connectivity index (χ0n) is 17.6. The van der Waals surface area contributed by atoms with Crippen molar-refractivity contribution in [3.05, 3.63) is 83.4 Å². The fourth-order valence-electron chi connectivity index (χ4n) is 3.06. The third-order valence-corrected chi connectivity index (χ3v) is 5.94. The highest BCUT2D eigenvalue weighted by Crippen LogP contribution is 2.31.